The van der Waals surface area contributed by atoms with E-state index < -0.39 is 5.92 Å². The third kappa shape index (κ3) is 2.12. The number of carbonyl (C=O) groups is 2. The first-order valence-corrected chi connectivity index (χ1v) is 5.64. The quantitative estimate of drug-likeness (QED) is 0.711. The van der Waals surface area contributed by atoms with Crippen LogP contribution >= 0.6 is 0 Å². The van der Waals surface area contributed by atoms with Crippen LogP contribution in [0.1, 0.15) is 13.8 Å². The van der Waals surface area contributed by atoms with Gasteiger partial charge in [-0.2, -0.15) is 0 Å². The molecule has 0 heterocycles. The van der Waals surface area contributed by atoms with Crippen molar-refractivity contribution in [1.82, 2.24) is 5.32 Å². The molecule has 0 aromatic rings. The summed E-state index contributed by atoms with van der Waals surface area (Å²) in [4.78, 5) is 23.5. The van der Waals surface area contributed by atoms with E-state index in [4.69, 9.17) is 5.73 Å². The van der Waals surface area contributed by atoms with Gasteiger partial charge < -0.3 is 11.1 Å². The Morgan fingerprint density at radius 3 is 1.88 bits per heavy atom. The molecular weight excluding hydrogens is 216 g/mol. The molecule has 1 rings (SSSR count). The molecule has 1 amide bonds. The SMILES string of the molecule is C=C(C)C1C(C(=C)N)C(C(=O)NC)C1C(C)=O. The van der Waals surface area contributed by atoms with Crippen LogP contribution in [0.3, 0.4) is 0 Å². The second kappa shape index (κ2) is 4.73. The number of carbonyl (C=O) groups excluding carboxylic acids is 2. The number of rotatable bonds is 4. The lowest BCUT2D eigenvalue weighted by Gasteiger charge is -2.50. The highest BCUT2D eigenvalue weighted by Gasteiger charge is 2.56. The van der Waals surface area contributed by atoms with Crippen LogP contribution in [0.5, 0.6) is 0 Å². The number of nitrogens with one attached hydrogen (secondary N) is 1. The van der Waals surface area contributed by atoms with Crippen LogP contribution in [0, 0.1) is 23.7 Å². The lowest BCUT2D eigenvalue weighted by molar-refractivity contribution is -0.146. The lowest BCUT2D eigenvalue weighted by Crippen LogP contribution is -2.57. The largest absolute Gasteiger partial charge is 0.402 e. The highest BCUT2D eigenvalue weighted by Crippen LogP contribution is 2.51. The third-order valence-corrected chi connectivity index (χ3v) is 3.56. The van der Waals surface area contributed by atoms with Crippen molar-refractivity contribution >= 4 is 11.7 Å². The molecule has 17 heavy (non-hydrogen) atoms. The Morgan fingerprint density at radius 1 is 1.06 bits per heavy atom. The van der Waals surface area contributed by atoms with Gasteiger partial charge in [-0.15, -0.1) is 0 Å². The van der Waals surface area contributed by atoms with E-state index in [0.29, 0.717) is 5.70 Å². The Labute approximate surface area is 102 Å². The molecule has 4 atom stereocenters. The topological polar surface area (TPSA) is 72.2 Å². The van der Waals surface area contributed by atoms with Crippen LogP contribution in [-0.2, 0) is 9.59 Å². The molecule has 1 aliphatic rings. The van der Waals surface area contributed by atoms with Crippen LogP contribution in [0.25, 0.3) is 0 Å². The Hall–Kier alpha value is -1.58. The summed E-state index contributed by atoms with van der Waals surface area (Å²) < 4.78 is 0. The molecule has 1 fully saturated rings. The fourth-order valence-electron chi connectivity index (χ4n) is 2.82. The first kappa shape index (κ1) is 13.5. The fraction of sp³-hybridized carbons (Fsp3) is 0.538. The van der Waals surface area contributed by atoms with Gasteiger partial charge >= 0.3 is 0 Å². The smallest absolute Gasteiger partial charge is 0.224 e. The third-order valence-electron chi connectivity index (χ3n) is 3.56. The average molecular weight is 236 g/mol. The van der Waals surface area contributed by atoms with Crippen molar-refractivity contribution in [1.29, 1.82) is 0 Å². The molecule has 4 nitrogen and oxygen atoms in total. The fourth-order valence-corrected chi connectivity index (χ4v) is 2.82. The predicted octanol–water partition coefficient (Wildman–Crippen LogP) is 0.848. The molecule has 1 saturated carbocycles. The van der Waals surface area contributed by atoms with Gasteiger partial charge in [-0.25, -0.2) is 0 Å². The molecule has 4 unspecified atom stereocenters. The highest BCUT2D eigenvalue weighted by molar-refractivity contribution is 5.90. The molecule has 0 radical (unpaired) electrons. The van der Waals surface area contributed by atoms with Gasteiger partial charge in [0.15, 0.2) is 0 Å². The van der Waals surface area contributed by atoms with Crippen LogP contribution < -0.4 is 11.1 Å². The van der Waals surface area contributed by atoms with Gasteiger partial charge in [0.1, 0.15) is 5.78 Å². The van der Waals surface area contributed by atoms with Gasteiger partial charge in [0.25, 0.3) is 0 Å². The summed E-state index contributed by atoms with van der Waals surface area (Å²) >= 11 is 0. The zero-order valence-corrected chi connectivity index (χ0v) is 10.6. The zero-order chi connectivity index (χ0) is 13.3. The minimum absolute atomic E-state index is 0.00380. The molecule has 0 aliphatic heterocycles. The second-order valence-electron chi connectivity index (χ2n) is 4.75. The average Bonchev–Trinajstić information content (AvgIpc) is 2.13. The zero-order valence-electron chi connectivity index (χ0n) is 10.6. The number of ketones is 1. The van der Waals surface area contributed by atoms with Crippen molar-refractivity contribution < 1.29 is 9.59 Å². The van der Waals surface area contributed by atoms with Crippen LogP contribution in [0.15, 0.2) is 24.4 Å². The Balaban J connectivity index is 3.08. The maximum Gasteiger partial charge on any atom is 0.224 e. The number of nitrogens with two attached hydrogens (primary N) is 1. The molecule has 4 heteroatoms. The van der Waals surface area contributed by atoms with E-state index in [2.05, 4.69) is 18.5 Å². The van der Waals surface area contributed by atoms with E-state index in [-0.39, 0.29) is 29.4 Å². The first-order chi connectivity index (χ1) is 7.82. The molecule has 0 bridgehead atoms. The summed E-state index contributed by atoms with van der Waals surface area (Å²) in [6.07, 6.45) is 0. The van der Waals surface area contributed by atoms with Crippen molar-refractivity contribution in [2.45, 2.75) is 13.8 Å². The summed E-state index contributed by atoms with van der Waals surface area (Å²) in [7, 11) is 1.56. The van der Waals surface area contributed by atoms with Gasteiger partial charge in [-0.1, -0.05) is 18.7 Å². The van der Waals surface area contributed by atoms with E-state index >= 15 is 0 Å². The monoisotopic (exact) mass is 236 g/mol. The standard InChI is InChI=1S/C13H20N2O2/c1-6(2)9-10(7(3)14)12(13(17)15-5)11(9)8(4)16/h9-12H,1,3,14H2,2,4-5H3,(H,15,17). The molecule has 94 valence electrons. The molecule has 0 aromatic carbocycles. The number of Topliss-reactive ketones (excluding diaryl/α,β-unsaturated/α-hetero) is 1. The molecule has 0 aromatic heterocycles. The van der Waals surface area contributed by atoms with Crippen molar-refractivity contribution in [3.8, 4) is 0 Å². The molecule has 3 N–H and O–H groups in total. The minimum Gasteiger partial charge on any atom is -0.402 e. The maximum absolute atomic E-state index is 11.8. The van der Waals surface area contributed by atoms with Gasteiger partial charge in [0.05, 0.1) is 5.92 Å². The number of amides is 1. The summed E-state index contributed by atoms with van der Waals surface area (Å²) in [5, 5.41) is 2.58. The van der Waals surface area contributed by atoms with Gasteiger partial charge in [0, 0.05) is 24.6 Å². The normalized spacial score (nSPS) is 31.2. The van der Waals surface area contributed by atoms with E-state index in [9.17, 15) is 9.59 Å². The summed E-state index contributed by atoms with van der Waals surface area (Å²) in [5.41, 5.74) is 7.07. The van der Waals surface area contributed by atoms with E-state index in [1.54, 1.807) is 7.05 Å². The van der Waals surface area contributed by atoms with E-state index in [0.717, 1.165) is 5.57 Å². The number of allylic oxidation sites excluding steroid dienone is 2. The lowest BCUT2D eigenvalue weighted by atomic mass is 9.52. The summed E-state index contributed by atoms with van der Waals surface area (Å²) in [6, 6.07) is 0. The molecule has 0 saturated heterocycles. The van der Waals surface area contributed by atoms with Crippen molar-refractivity contribution in [3.05, 3.63) is 24.4 Å². The van der Waals surface area contributed by atoms with E-state index in [1.165, 1.54) is 6.92 Å². The first-order valence-electron chi connectivity index (χ1n) is 5.64. The van der Waals surface area contributed by atoms with Crippen molar-refractivity contribution in [2.24, 2.45) is 29.4 Å². The highest BCUT2D eigenvalue weighted by atomic mass is 16.2. The second-order valence-corrected chi connectivity index (χ2v) is 4.75. The Kier molecular flexibility index (Phi) is 3.76. The van der Waals surface area contributed by atoms with E-state index in [1.807, 2.05) is 6.92 Å². The molecule has 0 spiro atoms. The summed E-state index contributed by atoms with van der Waals surface area (Å²) in [6.45, 7) is 11.0. The predicted molar refractivity (Wildman–Crippen MR) is 66.8 cm³/mol. The van der Waals surface area contributed by atoms with Crippen LogP contribution in [0.4, 0.5) is 0 Å². The maximum atomic E-state index is 11.8. The van der Waals surface area contributed by atoms with Gasteiger partial charge in [-0.05, 0) is 19.8 Å². The van der Waals surface area contributed by atoms with Crippen LogP contribution in [-0.4, -0.2) is 18.7 Å². The Morgan fingerprint density at radius 2 is 1.59 bits per heavy atom. The van der Waals surface area contributed by atoms with Gasteiger partial charge in [-0.3, -0.25) is 9.59 Å². The number of hydrogen-bond donors (Lipinski definition) is 2. The summed E-state index contributed by atoms with van der Waals surface area (Å²) in [5.74, 6) is -1.12. The molecular formula is C13H20N2O2. The van der Waals surface area contributed by atoms with Crippen molar-refractivity contribution in [3.63, 3.8) is 0 Å². The molecule has 1 aliphatic carbocycles. The number of hydrogen-bond acceptors (Lipinski definition) is 3. The van der Waals surface area contributed by atoms with Gasteiger partial charge in [0.2, 0.25) is 5.91 Å². The van der Waals surface area contributed by atoms with Crippen LogP contribution in [0.2, 0.25) is 0 Å². The van der Waals surface area contributed by atoms with Crippen molar-refractivity contribution in [2.75, 3.05) is 7.05 Å². The Bertz CT molecular complexity index is 365. The minimum atomic E-state index is -0.406.